The van der Waals surface area contributed by atoms with Gasteiger partial charge >= 0.3 is 5.97 Å². The van der Waals surface area contributed by atoms with E-state index in [9.17, 15) is 9.59 Å². The second-order valence-electron chi connectivity index (χ2n) is 5.69. The van der Waals surface area contributed by atoms with Gasteiger partial charge in [-0.15, -0.1) is 0 Å². The average Bonchev–Trinajstić information content (AvgIpc) is 2.67. The second-order valence-corrected chi connectivity index (χ2v) is 5.69. The van der Waals surface area contributed by atoms with E-state index < -0.39 is 5.97 Å². The summed E-state index contributed by atoms with van der Waals surface area (Å²) in [6, 6.07) is 9.93. The predicted molar refractivity (Wildman–Crippen MR) is 101 cm³/mol. The molecular formula is C21H24O6. The maximum absolute atomic E-state index is 12.4. The minimum Gasteiger partial charge on any atom is -0.493 e. The van der Waals surface area contributed by atoms with Gasteiger partial charge in [0.2, 0.25) is 0 Å². The lowest BCUT2D eigenvalue weighted by Gasteiger charge is -2.13. The Kier molecular flexibility index (Phi) is 7.23. The molecule has 0 N–H and O–H groups in total. The Bertz CT molecular complexity index is 812. The maximum atomic E-state index is 12.4. The molecule has 0 radical (unpaired) electrons. The van der Waals surface area contributed by atoms with Crippen LogP contribution >= 0.6 is 0 Å². The number of rotatable bonds is 9. The molecule has 0 unspecified atom stereocenters. The third-order valence-electron chi connectivity index (χ3n) is 3.82. The molecule has 2 aromatic carbocycles. The van der Waals surface area contributed by atoms with Crippen molar-refractivity contribution in [2.75, 3.05) is 20.3 Å². The molecule has 0 aliphatic carbocycles. The van der Waals surface area contributed by atoms with Crippen LogP contribution in [0.2, 0.25) is 0 Å². The van der Waals surface area contributed by atoms with E-state index in [1.807, 2.05) is 13.8 Å². The van der Waals surface area contributed by atoms with Crippen LogP contribution in [0.15, 0.2) is 36.4 Å². The molecule has 2 aromatic rings. The van der Waals surface area contributed by atoms with Crippen LogP contribution in [0.25, 0.3) is 0 Å². The van der Waals surface area contributed by atoms with E-state index in [2.05, 4.69) is 0 Å². The zero-order valence-electron chi connectivity index (χ0n) is 16.0. The van der Waals surface area contributed by atoms with Gasteiger partial charge in [-0.3, -0.25) is 4.79 Å². The smallest absolute Gasteiger partial charge is 0.338 e. The Morgan fingerprint density at radius 2 is 1.48 bits per heavy atom. The summed E-state index contributed by atoms with van der Waals surface area (Å²) in [5.74, 6) is 1.03. The predicted octanol–water partition coefficient (Wildman–Crippen LogP) is 4.05. The minimum absolute atomic E-state index is 0.00865. The Morgan fingerprint density at radius 1 is 0.852 bits per heavy atom. The van der Waals surface area contributed by atoms with Crippen molar-refractivity contribution < 1.29 is 28.5 Å². The molecule has 0 bridgehead atoms. The van der Waals surface area contributed by atoms with Crippen molar-refractivity contribution >= 4 is 11.8 Å². The number of hydrogen-bond donors (Lipinski definition) is 0. The van der Waals surface area contributed by atoms with Crippen LogP contribution in [0.3, 0.4) is 0 Å². The van der Waals surface area contributed by atoms with Crippen molar-refractivity contribution in [1.82, 2.24) is 0 Å². The Morgan fingerprint density at radius 3 is 2.11 bits per heavy atom. The van der Waals surface area contributed by atoms with E-state index in [-0.39, 0.29) is 12.4 Å². The number of carbonyl (C=O) groups excluding carboxylic acids is 2. The van der Waals surface area contributed by atoms with E-state index in [1.165, 1.54) is 14.0 Å². The SMILES string of the molecule is CCOc1ccc(C(C)=O)cc1COC(=O)c1ccc(OC)c(OCC)c1. The number of ether oxygens (including phenoxy) is 4. The molecule has 0 aliphatic heterocycles. The minimum atomic E-state index is -0.505. The third kappa shape index (κ3) is 5.23. The summed E-state index contributed by atoms with van der Waals surface area (Å²) in [5.41, 5.74) is 1.52. The monoisotopic (exact) mass is 372 g/mol. The molecule has 0 aliphatic rings. The van der Waals surface area contributed by atoms with Crippen molar-refractivity contribution in [3.05, 3.63) is 53.1 Å². The average molecular weight is 372 g/mol. The number of carbonyl (C=O) groups is 2. The van der Waals surface area contributed by atoms with Crippen LogP contribution in [-0.4, -0.2) is 32.1 Å². The maximum Gasteiger partial charge on any atom is 0.338 e. The molecule has 0 saturated carbocycles. The zero-order valence-corrected chi connectivity index (χ0v) is 16.0. The number of ketones is 1. The van der Waals surface area contributed by atoms with Gasteiger partial charge in [-0.05, 0) is 57.2 Å². The summed E-state index contributed by atoms with van der Waals surface area (Å²) in [6.07, 6.45) is 0. The molecular weight excluding hydrogens is 348 g/mol. The van der Waals surface area contributed by atoms with Crippen LogP contribution in [0.4, 0.5) is 0 Å². The Labute approximate surface area is 159 Å². The summed E-state index contributed by atoms with van der Waals surface area (Å²) in [4.78, 5) is 24.0. The molecule has 0 heterocycles. The van der Waals surface area contributed by atoms with Gasteiger partial charge in [0.25, 0.3) is 0 Å². The summed E-state index contributed by atoms with van der Waals surface area (Å²) in [7, 11) is 1.53. The van der Waals surface area contributed by atoms with Crippen LogP contribution in [-0.2, 0) is 11.3 Å². The first-order valence-electron chi connectivity index (χ1n) is 8.74. The number of Topliss-reactive ketones (excluding diaryl/α,β-unsaturated/α-hetero) is 1. The van der Waals surface area contributed by atoms with Gasteiger partial charge in [-0.2, -0.15) is 0 Å². The largest absolute Gasteiger partial charge is 0.493 e. The first kappa shape index (κ1) is 20.3. The van der Waals surface area contributed by atoms with Gasteiger partial charge < -0.3 is 18.9 Å². The van der Waals surface area contributed by atoms with Crippen molar-refractivity contribution in [2.24, 2.45) is 0 Å². The number of methoxy groups -OCH3 is 1. The molecule has 0 saturated heterocycles. The standard InChI is InChI=1S/C21H24O6/c1-5-25-18-9-7-15(14(3)22)11-17(18)13-27-21(23)16-8-10-19(24-4)20(12-16)26-6-2/h7-12H,5-6,13H2,1-4H3. The van der Waals surface area contributed by atoms with Crippen LogP contribution in [0.1, 0.15) is 47.1 Å². The fraction of sp³-hybridized carbons (Fsp3) is 0.333. The normalized spacial score (nSPS) is 10.2. The molecule has 0 fully saturated rings. The van der Waals surface area contributed by atoms with Gasteiger partial charge in [-0.25, -0.2) is 4.79 Å². The molecule has 6 heteroatoms. The molecule has 0 spiro atoms. The first-order chi connectivity index (χ1) is 13.0. The van der Waals surface area contributed by atoms with E-state index in [0.717, 1.165) is 0 Å². The number of hydrogen-bond acceptors (Lipinski definition) is 6. The summed E-state index contributed by atoms with van der Waals surface area (Å²) in [6.45, 7) is 6.10. The second kappa shape index (κ2) is 9.62. The summed E-state index contributed by atoms with van der Waals surface area (Å²) < 4.78 is 21.7. The lowest BCUT2D eigenvalue weighted by molar-refractivity contribution is 0.0469. The van der Waals surface area contributed by atoms with Gasteiger partial charge in [0.1, 0.15) is 12.4 Å². The van der Waals surface area contributed by atoms with Crippen molar-refractivity contribution in [3.63, 3.8) is 0 Å². The van der Waals surface area contributed by atoms with Crippen molar-refractivity contribution in [2.45, 2.75) is 27.4 Å². The summed E-state index contributed by atoms with van der Waals surface area (Å²) in [5, 5.41) is 0. The van der Waals surface area contributed by atoms with Crippen molar-refractivity contribution in [1.29, 1.82) is 0 Å². The summed E-state index contributed by atoms with van der Waals surface area (Å²) >= 11 is 0. The van der Waals surface area contributed by atoms with E-state index >= 15 is 0 Å². The lowest BCUT2D eigenvalue weighted by Crippen LogP contribution is -2.08. The highest BCUT2D eigenvalue weighted by atomic mass is 16.5. The Balaban J connectivity index is 2.18. The highest BCUT2D eigenvalue weighted by Crippen LogP contribution is 2.29. The highest BCUT2D eigenvalue weighted by Gasteiger charge is 2.14. The fourth-order valence-corrected chi connectivity index (χ4v) is 2.51. The third-order valence-corrected chi connectivity index (χ3v) is 3.82. The van der Waals surface area contributed by atoms with Crippen LogP contribution in [0.5, 0.6) is 17.2 Å². The zero-order chi connectivity index (χ0) is 19.8. The lowest BCUT2D eigenvalue weighted by atomic mass is 10.1. The molecule has 27 heavy (non-hydrogen) atoms. The van der Waals surface area contributed by atoms with E-state index in [4.69, 9.17) is 18.9 Å². The van der Waals surface area contributed by atoms with E-state index in [0.29, 0.717) is 47.2 Å². The highest BCUT2D eigenvalue weighted by molar-refractivity contribution is 5.94. The van der Waals surface area contributed by atoms with Crippen molar-refractivity contribution in [3.8, 4) is 17.2 Å². The number of benzene rings is 2. The molecule has 0 atom stereocenters. The molecule has 144 valence electrons. The van der Waals surface area contributed by atoms with Gasteiger partial charge in [0.15, 0.2) is 17.3 Å². The fourth-order valence-electron chi connectivity index (χ4n) is 2.51. The van der Waals surface area contributed by atoms with E-state index in [1.54, 1.807) is 36.4 Å². The number of esters is 1. The molecule has 0 aromatic heterocycles. The topological polar surface area (TPSA) is 71.1 Å². The molecule has 2 rings (SSSR count). The Hall–Kier alpha value is -3.02. The molecule has 6 nitrogen and oxygen atoms in total. The first-order valence-corrected chi connectivity index (χ1v) is 8.74. The van der Waals surface area contributed by atoms with Gasteiger partial charge in [-0.1, -0.05) is 0 Å². The van der Waals surface area contributed by atoms with Gasteiger partial charge in [0, 0.05) is 11.1 Å². The molecule has 0 amide bonds. The van der Waals surface area contributed by atoms with Crippen LogP contribution in [0, 0.1) is 0 Å². The van der Waals surface area contributed by atoms with Gasteiger partial charge in [0.05, 0.1) is 25.9 Å². The quantitative estimate of drug-likeness (QED) is 0.488. The van der Waals surface area contributed by atoms with Crippen LogP contribution < -0.4 is 14.2 Å².